The molecule has 0 N–H and O–H groups in total. The highest BCUT2D eigenvalue weighted by Gasteiger charge is 2.25. The van der Waals surface area contributed by atoms with Crippen LogP contribution in [-0.4, -0.2) is 22.5 Å². The van der Waals surface area contributed by atoms with Crippen LogP contribution in [0.25, 0.3) is 0 Å². The zero-order valence-electron chi connectivity index (χ0n) is 9.18. The van der Waals surface area contributed by atoms with Gasteiger partial charge in [-0.05, 0) is 12.5 Å². The molecule has 0 atom stereocenters. The van der Waals surface area contributed by atoms with Crippen LogP contribution in [0.1, 0.15) is 30.1 Å². The van der Waals surface area contributed by atoms with Gasteiger partial charge in [-0.15, -0.1) is 0 Å². The minimum atomic E-state index is -0.755. The third kappa shape index (κ3) is 3.39. The van der Waals surface area contributed by atoms with Gasteiger partial charge in [0.2, 0.25) is 5.15 Å². The zero-order valence-corrected chi connectivity index (χ0v) is 9.94. The summed E-state index contributed by atoms with van der Waals surface area (Å²) in [6, 6.07) is 1.22. The molecular formula is C10H11ClN2O4. The maximum atomic E-state index is 11.6. The van der Waals surface area contributed by atoms with Crippen LogP contribution in [0.5, 0.6) is 0 Å². The number of halogens is 1. The number of hydrogen-bond acceptors (Lipinski definition) is 5. The summed E-state index contributed by atoms with van der Waals surface area (Å²) >= 11 is 5.57. The van der Waals surface area contributed by atoms with E-state index < -0.39 is 16.6 Å². The second-order valence-corrected chi connectivity index (χ2v) is 3.60. The summed E-state index contributed by atoms with van der Waals surface area (Å²) in [5.41, 5.74) is -0.693. The predicted octanol–water partition coefficient (Wildman–Crippen LogP) is 2.60. The van der Waals surface area contributed by atoms with Crippen molar-refractivity contribution < 1.29 is 14.5 Å². The number of rotatable bonds is 5. The highest BCUT2D eigenvalue weighted by atomic mass is 35.5. The molecule has 0 saturated heterocycles. The molecule has 0 fully saturated rings. The molecule has 0 saturated carbocycles. The van der Waals surface area contributed by atoms with Gasteiger partial charge >= 0.3 is 11.7 Å². The topological polar surface area (TPSA) is 82.3 Å². The van der Waals surface area contributed by atoms with E-state index in [0.29, 0.717) is 6.42 Å². The summed E-state index contributed by atoms with van der Waals surface area (Å²) in [6.45, 7) is 2.17. The Bertz CT molecular complexity index is 436. The summed E-state index contributed by atoms with van der Waals surface area (Å²) in [4.78, 5) is 25.1. The molecule has 0 amide bonds. The van der Waals surface area contributed by atoms with E-state index in [4.69, 9.17) is 16.3 Å². The molecule has 1 aromatic rings. The Kier molecular flexibility index (Phi) is 4.84. The first-order valence-corrected chi connectivity index (χ1v) is 5.41. The van der Waals surface area contributed by atoms with Gasteiger partial charge in [0, 0.05) is 6.20 Å². The van der Waals surface area contributed by atoms with Crippen LogP contribution in [0.4, 0.5) is 5.69 Å². The Morgan fingerprint density at radius 1 is 1.65 bits per heavy atom. The van der Waals surface area contributed by atoms with Gasteiger partial charge in [-0.1, -0.05) is 24.9 Å². The van der Waals surface area contributed by atoms with Gasteiger partial charge < -0.3 is 4.74 Å². The molecule has 1 rings (SSSR count). The minimum absolute atomic E-state index is 0.175. The van der Waals surface area contributed by atoms with E-state index in [9.17, 15) is 14.9 Å². The van der Waals surface area contributed by atoms with Crippen molar-refractivity contribution in [2.24, 2.45) is 0 Å². The van der Waals surface area contributed by atoms with Crippen LogP contribution in [-0.2, 0) is 4.74 Å². The molecule has 0 spiro atoms. The quantitative estimate of drug-likeness (QED) is 0.266. The van der Waals surface area contributed by atoms with Crippen molar-refractivity contribution >= 4 is 23.3 Å². The average Bonchev–Trinajstić information content (AvgIpc) is 2.28. The second-order valence-electron chi connectivity index (χ2n) is 3.24. The Labute approximate surface area is 103 Å². The van der Waals surface area contributed by atoms with Crippen LogP contribution in [0.15, 0.2) is 12.3 Å². The van der Waals surface area contributed by atoms with Gasteiger partial charge in [0.05, 0.1) is 11.5 Å². The molecule has 0 aliphatic carbocycles. The average molecular weight is 259 g/mol. The number of hydrogen-bond donors (Lipinski definition) is 0. The number of carbonyl (C=O) groups is 1. The van der Waals surface area contributed by atoms with Crippen molar-refractivity contribution in [3.8, 4) is 0 Å². The first-order valence-electron chi connectivity index (χ1n) is 5.04. The Morgan fingerprint density at radius 3 is 2.94 bits per heavy atom. The van der Waals surface area contributed by atoms with Gasteiger partial charge in [0.25, 0.3) is 0 Å². The number of esters is 1. The minimum Gasteiger partial charge on any atom is -0.462 e. The fourth-order valence-electron chi connectivity index (χ4n) is 1.15. The van der Waals surface area contributed by atoms with Crippen molar-refractivity contribution in [2.45, 2.75) is 19.8 Å². The second kappa shape index (κ2) is 6.15. The maximum absolute atomic E-state index is 11.6. The lowest BCUT2D eigenvalue weighted by molar-refractivity contribution is -0.385. The Hall–Kier alpha value is -1.69. The van der Waals surface area contributed by atoms with Crippen molar-refractivity contribution in [1.82, 2.24) is 4.98 Å². The smallest absolute Gasteiger partial charge is 0.345 e. The Balaban J connectivity index is 2.93. The monoisotopic (exact) mass is 258 g/mol. The van der Waals surface area contributed by atoms with E-state index in [1.807, 2.05) is 6.92 Å². The van der Waals surface area contributed by atoms with Gasteiger partial charge in [-0.3, -0.25) is 10.1 Å². The van der Waals surface area contributed by atoms with Gasteiger partial charge in [-0.2, -0.15) is 0 Å². The van der Waals surface area contributed by atoms with Crippen molar-refractivity contribution in [3.63, 3.8) is 0 Å². The number of nitrogens with zero attached hydrogens (tertiary/aromatic N) is 2. The Morgan fingerprint density at radius 2 is 2.35 bits per heavy atom. The van der Waals surface area contributed by atoms with Gasteiger partial charge in [-0.25, -0.2) is 9.78 Å². The molecule has 92 valence electrons. The summed E-state index contributed by atoms with van der Waals surface area (Å²) in [7, 11) is 0. The van der Waals surface area contributed by atoms with Crippen molar-refractivity contribution in [1.29, 1.82) is 0 Å². The molecule has 0 unspecified atom stereocenters. The fraction of sp³-hybridized carbons (Fsp3) is 0.400. The standard InChI is InChI=1S/C10H11ClN2O4/c1-2-3-6-17-10(14)7-4-5-12-9(11)8(7)13(15)16/h4-5H,2-3,6H2,1H3. The summed E-state index contributed by atoms with van der Waals surface area (Å²) in [5, 5.41) is 10.4. The number of nitro groups is 1. The van der Waals surface area contributed by atoms with E-state index in [1.54, 1.807) is 0 Å². The number of carbonyl (C=O) groups excluding carboxylic acids is 1. The number of ether oxygens (including phenoxy) is 1. The molecule has 0 radical (unpaired) electrons. The van der Waals surface area contributed by atoms with E-state index in [0.717, 1.165) is 6.42 Å². The van der Waals surface area contributed by atoms with Crippen LogP contribution in [0.3, 0.4) is 0 Å². The molecule has 17 heavy (non-hydrogen) atoms. The molecule has 0 aromatic carbocycles. The van der Waals surface area contributed by atoms with E-state index in [-0.39, 0.29) is 17.3 Å². The highest BCUT2D eigenvalue weighted by molar-refractivity contribution is 6.32. The van der Waals surface area contributed by atoms with E-state index in [1.165, 1.54) is 12.3 Å². The largest absolute Gasteiger partial charge is 0.462 e. The van der Waals surface area contributed by atoms with Gasteiger partial charge in [0.15, 0.2) is 0 Å². The molecule has 7 heteroatoms. The fourth-order valence-corrected chi connectivity index (χ4v) is 1.38. The lowest BCUT2D eigenvalue weighted by Gasteiger charge is -2.04. The third-order valence-corrected chi connectivity index (χ3v) is 2.29. The third-order valence-electron chi connectivity index (χ3n) is 2.01. The van der Waals surface area contributed by atoms with Crippen LogP contribution in [0.2, 0.25) is 5.15 Å². The van der Waals surface area contributed by atoms with Crippen molar-refractivity contribution in [3.05, 3.63) is 33.1 Å². The number of pyridine rings is 1. The molecule has 0 aliphatic heterocycles. The lowest BCUT2D eigenvalue weighted by Crippen LogP contribution is -2.10. The SMILES string of the molecule is CCCCOC(=O)c1ccnc(Cl)c1[N+](=O)[O-]. The molecule has 6 nitrogen and oxygen atoms in total. The summed E-state index contributed by atoms with van der Waals surface area (Å²) < 4.78 is 4.88. The lowest BCUT2D eigenvalue weighted by atomic mass is 10.2. The van der Waals surface area contributed by atoms with Crippen LogP contribution in [0, 0.1) is 10.1 Å². The predicted molar refractivity (Wildman–Crippen MR) is 61.1 cm³/mol. The number of unbranched alkanes of at least 4 members (excludes halogenated alkanes) is 1. The summed E-state index contributed by atoms with van der Waals surface area (Å²) in [6.07, 6.45) is 2.80. The maximum Gasteiger partial charge on any atom is 0.345 e. The molecule has 0 bridgehead atoms. The van der Waals surface area contributed by atoms with E-state index >= 15 is 0 Å². The number of aromatic nitrogens is 1. The molecule has 0 aliphatic rings. The highest BCUT2D eigenvalue weighted by Crippen LogP contribution is 2.26. The zero-order chi connectivity index (χ0) is 12.8. The van der Waals surface area contributed by atoms with Crippen LogP contribution >= 0.6 is 11.6 Å². The van der Waals surface area contributed by atoms with E-state index in [2.05, 4.69) is 4.98 Å². The first kappa shape index (κ1) is 13.4. The van der Waals surface area contributed by atoms with Crippen molar-refractivity contribution in [2.75, 3.05) is 6.61 Å². The molecule has 1 heterocycles. The molecule has 1 aromatic heterocycles. The van der Waals surface area contributed by atoms with Crippen LogP contribution < -0.4 is 0 Å². The normalized spacial score (nSPS) is 10.0. The molecular weight excluding hydrogens is 248 g/mol. The summed E-state index contributed by atoms with van der Waals surface area (Å²) in [5.74, 6) is -0.755. The first-order chi connectivity index (χ1) is 8.07. The van der Waals surface area contributed by atoms with Gasteiger partial charge in [0.1, 0.15) is 5.56 Å².